The molecule has 1 aliphatic carbocycles. The molecule has 0 spiro atoms. The zero-order valence-corrected chi connectivity index (χ0v) is 16.4. The minimum absolute atomic E-state index is 0.235. The third-order valence-electron chi connectivity index (χ3n) is 4.13. The minimum Gasteiger partial charge on any atom is -0.462 e. The van der Waals surface area contributed by atoms with Crippen LogP contribution < -0.4 is 5.32 Å². The SMILES string of the molecule is CCOC(=O)c1c(NC(C)=O)sc2c1CCC/C2=N\OC(=O)c1ccccc1. The van der Waals surface area contributed by atoms with E-state index in [0.29, 0.717) is 34.7 Å². The first kappa shape index (κ1) is 19.8. The summed E-state index contributed by atoms with van der Waals surface area (Å²) >= 11 is 1.25. The molecular weight excluding hydrogens is 380 g/mol. The molecule has 7 nitrogen and oxygen atoms in total. The molecule has 0 fully saturated rings. The van der Waals surface area contributed by atoms with Crippen LogP contribution in [0.5, 0.6) is 0 Å². The number of hydrogen-bond donors (Lipinski definition) is 1. The lowest BCUT2D eigenvalue weighted by molar-refractivity contribution is -0.114. The van der Waals surface area contributed by atoms with E-state index < -0.39 is 11.9 Å². The number of fused-ring (bicyclic) bond motifs is 1. The highest BCUT2D eigenvalue weighted by Crippen LogP contribution is 2.39. The first-order chi connectivity index (χ1) is 13.5. The van der Waals surface area contributed by atoms with Crippen molar-refractivity contribution in [2.75, 3.05) is 11.9 Å². The molecule has 0 saturated heterocycles. The van der Waals surface area contributed by atoms with Crippen LogP contribution in [0.25, 0.3) is 0 Å². The van der Waals surface area contributed by atoms with E-state index in [2.05, 4.69) is 10.5 Å². The monoisotopic (exact) mass is 400 g/mol. The summed E-state index contributed by atoms with van der Waals surface area (Å²) in [6.07, 6.45) is 2.01. The summed E-state index contributed by atoms with van der Waals surface area (Å²) in [5.74, 6) is -1.31. The summed E-state index contributed by atoms with van der Waals surface area (Å²) in [4.78, 5) is 42.0. The van der Waals surface area contributed by atoms with Crippen LogP contribution in [0.1, 0.15) is 57.8 Å². The van der Waals surface area contributed by atoms with Gasteiger partial charge in [-0.25, -0.2) is 9.59 Å². The molecule has 1 aliphatic rings. The number of amides is 1. The van der Waals surface area contributed by atoms with Crippen LogP contribution in [0.3, 0.4) is 0 Å². The molecule has 1 heterocycles. The number of ether oxygens (including phenoxy) is 1. The summed E-state index contributed by atoms with van der Waals surface area (Å²) in [6, 6.07) is 8.59. The van der Waals surface area contributed by atoms with Gasteiger partial charge in [-0.2, -0.15) is 0 Å². The maximum absolute atomic E-state index is 12.4. The standard InChI is InChI=1S/C20H20N2O5S/c1-3-26-20(25)16-14-10-7-11-15(17(14)28-18(16)21-12(2)23)22-27-19(24)13-8-5-4-6-9-13/h4-6,8-9H,3,7,10-11H2,1-2H3,(H,21,23)/b22-15+. The lowest BCUT2D eigenvalue weighted by atomic mass is 9.94. The predicted octanol–water partition coefficient (Wildman–Crippen LogP) is 3.78. The van der Waals surface area contributed by atoms with Crippen LogP contribution in [0.2, 0.25) is 0 Å². The van der Waals surface area contributed by atoms with Crippen molar-refractivity contribution in [2.45, 2.75) is 33.1 Å². The van der Waals surface area contributed by atoms with Crippen molar-refractivity contribution in [3.63, 3.8) is 0 Å². The minimum atomic E-state index is -0.551. The van der Waals surface area contributed by atoms with Crippen LogP contribution in [0.4, 0.5) is 5.00 Å². The van der Waals surface area contributed by atoms with Gasteiger partial charge >= 0.3 is 11.9 Å². The Morgan fingerprint density at radius 3 is 2.57 bits per heavy atom. The van der Waals surface area contributed by atoms with Crippen molar-refractivity contribution in [3.8, 4) is 0 Å². The fourth-order valence-electron chi connectivity index (χ4n) is 2.96. The highest BCUT2D eigenvalue weighted by molar-refractivity contribution is 7.19. The summed E-state index contributed by atoms with van der Waals surface area (Å²) < 4.78 is 5.16. The molecule has 1 amide bonds. The smallest absolute Gasteiger partial charge is 0.365 e. The molecule has 1 N–H and O–H groups in total. The number of hydrogen-bond acceptors (Lipinski definition) is 7. The molecule has 0 radical (unpaired) electrons. The number of oxime groups is 1. The Hall–Kier alpha value is -3.00. The van der Waals surface area contributed by atoms with Crippen molar-refractivity contribution in [1.29, 1.82) is 0 Å². The van der Waals surface area contributed by atoms with Gasteiger partial charge in [0, 0.05) is 6.92 Å². The highest BCUT2D eigenvalue weighted by atomic mass is 32.1. The summed E-state index contributed by atoms with van der Waals surface area (Å²) in [6.45, 7) is 3.34. The predicted molar refractivity (Wildman–Crippen MR) is 106 cm³/mol. The molecule has 146 valence electrons. The van der Waals surface area contributed by atoms with Crippen molar-refractivity contribution < 1.29 is 24.0 Å². The molecule has 0 saturated carbocycles. The van der Waals surface area contributed by atoms with Crippen LogP contribution in [-0.2, 0) is 20.8 Å². The van der Waals surface area contributed by atoms with Crippen LogP contribution in [0, 0.1) is 0 Å². The second-order valence-corrected chi connectivity index (χ2v) is 7.17. The number of nitrogens with one attached hydrogen (secondary N) is 1. The molecule has 2 aromatic rings. The molecule has 28 heavy (non-hydrogen) atoms. The topological polar surface area (TPSA) is 94.1 Å². The van der Waals surface area contributed by atoms with Crippen LogP contribution in [0.15, 0.2) is 35.5 Å². The van der Waals surface area contributed by atoms with E-state index >= 15 is 0 Å². The number of anilines is 1. The number of carbonyl (C=O) groups is 3. The lowest BCUT2D eigenvalue weighted by Gasteiger charge is -2.14. The number of nitrogens with zero attached hydrogens (tertiary/aromatic N) is 1. The molecule has 3 rings (SSSR count). The van der Waals surface area contributed by atoms with Gasteiger partial charge in [-0.3, -0.25) is 4.79 Å². The quantitative estimate of drug-likeness (QED) is 0.468. The van der Waals surface area contributed by atoms with Gasteiger partial charge in [0.25, 0.3) is 0 Å². The van der Waals surface area contributed by atoms with Gasteiger partial charge in [0.1, 0.15) is 5.00 Å². The molecule has 8 heteroatoms. The van der Waals surface area contributed by atoms with Gasteiger partial charge in [-0.1, -0.05) is 23.4 Å². The van der Waals surface area contributed by atoms with Crippen LogP contribution in [-0.4, -0.2) is 30.2 Å². The Kier molecular flexibility index (Phi) is 6.20. The van der Waals surface area contributed by atoms with Crippen molar-refractivity contribution in [1.82, 2.24) is 0 Å². The Morgan fingerprint density at radius 2 is 1.89 bits per heavy atom. The van der Waals surface area contributed by atoms with E-state index in [-0.39, 0.29) is 12.5 Å². The highest BCUT2D eigenvalue weighted by Gasteiger charge is 2.30. The molecule has 1 aromatic heterocycles. The van der Waals surface area contributed by atoms with Crippen molar-refractivity contribution >= 4 is 39.9 Å². The Balaban J connectivity index is 1.93. The fraction of sp³-hybridized carbons (Fsp3) is 0.300. The number of rotatable bonds is 5. The average Bonchev–Trinajstić information content (AvgIpc) is 3.04. The zero-order valence-electron chi connectivity index (χ0n) is 15.6. The Morgan fingerprint density at radius 1 is 1.14 bits per heavy atom. The first-order valence-electron chi connectivity index (χ1n) is 8.95. The zero-order chi connectivity index (χ0) is 20.1. The molecule has 0 aliphatic heterocycles. The van der Waals surface area contributed by atoms with Gasteiger partial charge < -0.3 is 14.9 Å². The largest absolute Gasteiger partial charge is 0.462 e. The van der Waals surface area contributed by atoms with Gasteiger partial charge in [0.2, 0.25) is 5.91 Å². The van der Waals surface area contributed by atoms with Crippen molar-refractivity contribution in [2.24, 2.45) is 5.16 Å². The Bertz CT molecular complexity index is 934. The first-order valence-corrected chi connectivity index (χ1v) is 9.77. The number of benzene rings is 1. The third-order valence-corrected chi connectivity index (χ3v) is 5.32. The van der Waals surface area contributed by atoms with Crippen LogP contribution >= 0.6 is 11.3 Å². The molecule has 1 aromatic carbocycles. The van der Waals surface area contributed by atoms with E-state index in [9.17, 15) is 14.4 Å². The third kappa shape index (κ3) is 4.28. The van der Waals surface area contributed by atoms with E-state index in [1.165, 1.54) is 18.3 Å². The second kappa shape index (κ2) is 8.79. The number of thiophene rings is 1. The maximum atomic E-state index is 12.4. The average molecular weight is 400 g/mol. The lowest BCUT2D eigenvalue weighted by Crippen LogP contribution is -2.16. The van der Waals surface area contributed by atoms with Crippen molar-refractivity contribution in [3.05, 3.63) is 51.9 Å². The number of carbonyl (C=O) groups excluding carboxylic acids is 3. The molecule has 0 bridgehead atoms. The van der Waals surface area contributed by atoms with Gasteiger partial charge in [0.05, 0.1) is 28.3 Å². The molecule has 0 atom stereocenters. The second-order valence-electron chi connectivity index (χ2n) is 6.15. The normalized spacial score (nSPS) is 14.3. The van der Waals surface area contributed by atoms with E-state index in [1.807, 2.05) is 6.07 Å². The van der Waals surface area contributed by atoms with E-state index in [4.69, 9.17) is 9.57 Å². The molecular formula is C20H20N2O5S. The van der Waals surface area contributed by atoms with E-state index in [1.54, 1.807) is 31.2 Å². The maximum Gasteiger partial charge on any atom is 0.365 e. The van der Waals surface area contributed by atoms with Gasteiger partial charge in [-0.05, 0) is 43.9 Å². The fourth-order valence-corrected chi connectivity index (χ4v) is 4.25. The number of esters is 1. The molecule has 0 unspecified atom stereocenters. The summed E-state index contributed by atoms with van der Waals surface area (Å²) in [5.41, 5.74) is 2.12. The van der Waals surface area contributed by atoms with Gasteiger partial charge in [0.15, 0.2) is 0 Å². The van der Waals surface area contributed by atoms with E-state index in [0.717, 1.165) is 16.9 Å². The summed E-state index contributed by atoms with van der Waals surface area (Å²) in [7, 11) is 0. The Labute approximate surface area is 166 Å². The van der Waals surface area contributed by atoms with Gasteiger partial charge in [-0.15, -0.1) is 11.3 Å². The summed E-state index contributed by atoms with van der Waals surface area (Å²) in [5, 5.41) is 7.18.